The van der Waals surface area contributed by atoms with Crippen molar-refractivity contribution in [2.24, 2.45) is 0 Å². The van der Waals surface area contributed by atoms with Gasteiger partial charge in [0.1, 0.15) is 5.82 Å². The van der Waals surface area contributed by atoms with Gasteiger partial charge >= 0.3 is 0 Å². The molecule has 2 nitrogen and oxygen atoms in total. The number of rotatable bonds is 2. The lowest BCUT2D eigenvalue weighted by atomic mass is 9.88. The highest BCUT2D eigenvalue weighted by molar-refractivity contribution is 6.30. The number of hydrogen-bond acceptors (Lipinski definition) is 2. The topological polar surface area (TPSA) is 27.0 Å². The lowest BCUT2D eigenvalue weighted by Crippen LogP contribution is -2.42. The van der Waals surface area contributed by atoms with Crippen molar-refractivity contribution in [3.8, 4) is 6.07 Å². The molecule has 1 aliphatic rings. The maximum Gasteiger partial charge on any atom is 0.132 e. The highest BCUT2D eigenvalue weighted by Crippen LogP contribution is 2.39. The Morgan fingerprint density at radius 1 is 1.27 bits per heavy atom. The van der Waals surface area contributed by atoms with Crippen LogP contribution in [0.2, 0.25) is 5.02 Å². The second-order valence-electron chi connectivity index (χ2n) is 7.11. The molecule has 0 unspecified atom stereocenters. The van der Waals surface area contributed by atoms with Gasteiger partial charge in [-0.2, -0.15) is 5.26 Å². The van der Waals surface area contributed by atoms with Crippen LogP contribution in [-0.4, -0.2) is 12.6 Å². The van der Waals surface area contributed by atoms with Crippen LogP contribution < -0.4 is 4.90 Å². The number of hydrogen-bond donors (Lipinski definition) is 0. The molecule has 2 aromatic carbocycles. The van der Waals surface area contributed by atoms with Gasteiger partial charge in [0.05, 0.1) is 17.2 Å². The Labute approximate surface area is 158 Å². The highest BCUT2D eigenvalue weighted by Gasteiger charge is 2.29. The van der Waals surface area contributed by atoms with Crippen molar-refractivity contribution in [2.45, 2.75) is 26.3 Å². The minimum atomic E-state index is -0.351. The molecule has 1 aliphatic heterocycles. The van der Waals surface area contributed by atoms with Gasteiger partial charge in [-0.05, 0) is 62.2 Å². The predicted molar refractivity (Wildman–Crippen MR) is 107 cm³/mol. The van der Waals surface area contributed by atoms with Crippen molar-refractivity contribution in [3.63, 3.8) is 0 Å². The molecule has 2 aromatic rings. The van der Waals surface area contributed by atoms with E-state index < -0.39 is 0 Å². The summed E-state index contributed by atoms with van der Waals surface area (Å²) in [5.74, 6) is -0.351. The molecular formula is C22H20ClFN2. The van der Waals surface area contributed by atoms with Crippen LogP contribution in [0.1, 0.15) is 37.5 Å². The summed E-state index contributed by atoms with van der Waals surface area (Å²) in [6.07, 6.45) is 3.75. The first kappa shape index (κ1) is 18.2. The SMILES string of the molecule is CC1=CC(C)(C)N(C)c2cc(F)c(/C=C(\C#N)c3cccc(Cl)c3)cc21. The van der Waals surface area contributed by atoms with Crippen molar-refractivity contribution < 1.29 is 4.39 Å². The smallest absolute Gasteiger partial charge is 0.132 e. The first-order chi connectivity index (χ1) is 12.2. The third-order valence-corrected chi connectivity index (χ3v) is 5.13. The zero-order valence-corrected chi connectivity index (χ0v) is 16.0. The van der Waals surface area contributed by atoms with Crippen molar-refractivity contribution >= 4 is 34.5 Å². The van der Waals surface area contributed by atoms with Crippen molar-refractivity contribution in [1.82, 2.24) is 0 Å². The van der Waals surface area contributed by atoms with Crippen LogP contribution in [0.25, 0.3) is 17.2 Å². The Bertz CT molecular complexity index is 980. The number of benzene rings is 2. The fourth-order valence-corrected chi connectivity index (χ4v) is 3.48. The molecule has 132 valence electrons. The Balaban J connectivity index is 2.13. The Hall–Kier alpha value is -2.57. The number of halogens is 2. The van der Waals surface area contributed by atoms with E-state index in [-0.39, 0.29) is 11.4 Å². The molecule has 0 amide bonds. The predicted octanol–water partition coefficient (Wildman–Crippen LogP) is 6.17. The zero-order valence-electron chi connectivity index (χ0n) is 15.3. The van der Waals surface area contributed by atoms with Gasteiger partial charge in [-0.3, -0.25) is 0 Å². The minimum Gasteiger partial charge on any atom is -0.365 e. The third kappa shape index (κ3) is 3.25. The summed E-state index contributed by atoms with van der Waals surface area (Å²) in [6, 6.07) is 12.5. The standard InChI is InChI=1S/C22H20ClFN2/c1-14-12-22(2,3)26(4)21-11-20(24)16(10-19(14)21)8-17(13-25)15-6-5-7-18(23)9-15/h5-12H,1-4H3/b17-8+. The maximum absolute atomic E-state index is 14.8. The van der Waals surface area contributed by atoms with Gasteiger partial charge in [0.15, 0.2) is 0 Å². The maximum atomic E-state index is 14.8. The summed E-state index contributed by atoms with van der Waals surface area (Å²) in [4.78, 5) is 2.06. The number of nitrogens with zero attached hydrogens (tertiary/aromatic N) is 2. The molecule has 0 atom stereocenters. The van der Waals surface area contributed by atoms with E-state index in [0.717, 1.165) is 16.8 Å². The van der Waals surface area contributed by atoms with Gasteiger partial charge in [-0.25, -0.2) is 4.39 Å². The van der Waals surface area contributed by atoms with Crippen LogP contribution >= 0.6 is 11.6 Å². The zero-order chi connectivity index (χ0) is 19.1. The lowest BCUT2D eigenvalue weighted by molar-refractivity contribution is 0.588. The first-order valence-electron chi connectivity index (χ1n) is 8.38. The van der Waals surface area contributed by atoms with Gasteiger partial charge in [-0.1, -0.05) is 29.8 Å². The molecule has 26 heavy (non-hydrogen) atoms. The molecule has 0 spiro atoms. The summed E-state index contributed by atoms with van der Waals surface area (Å²) in [6.45, 7) is 6.22. The number of anilines is 1. The average Bonchev–Trinajstić information content (AvgIpc) is 2.58. The van der Waals surface area contributed by atoms with E-state index in [4.69, 9.17) is 11.6 Å². The molecule has 0 N–H and O–H groups in total. The van der Waals surface area contributed by atoms with Gasteiger partial charge in [0.25, 0.3) is 0 Å². The fraction of sp³-hybridized carbons (Fsp3) is 0.227. The van der Waals surface area contributed by atoms with Crippen LogP contribution in [-0.2, 0) is 0 Å². The largest absolute Gasteiger partial charge is 0.365 e. The molecule has 0 aromatic heterocycles. The molecular weight excluding hydrogens is 347 g/mol. The van der Waals surface area contributed by atoms with Crippen LogP contribution in [0.4, 0.5) is 10.1 Å². The second kappa shape index (κ2) is 6.63. The summed E-state index contributed by atoms with van der Waals surface area (Å²) in [7, 11) is 1.96. The fourth-order valence-electron chi connectivity index (χ4n) is 3.29. The molecule has 0 fully saturated rings. The van der Waals surface area contributed by atoms with Gasteiger partial charge in [0.2, 0.25) is 0 Å². The van der Waals surface area contributed by atoms with E-state index in [0.29, 0.717) is 21.7 Å². The lowest BCUT2D eigenvalue weighted by Gasteiger charge is -2.40. The first-order valence-corrected chi connectivity index (χ1v) is 8.75. The monoisotopic (exact) mass is 366 g/mol. The van der Waals surface area contributed by atoms with Crippen molar-refractivity contribution in [1.29, 1.82) is 5.26 Å². The van der Waals surface area contributed by atoms with Crippen molar-refractivity contribution in [3.05, 3.63) is 70.0 Å². The van der Waals surface area contributed by atoms with E-state index in [1.165, 1.54) is 0 Å². The van der Waals surface area contributed by atoms with E-state index in [1.807, 2.05) is 20.0 Å². The normalized spacial score (nSPS) is 16.0. The number of nitriles is 1. The van der Waals surface area contributed by atoms with Crippen molar-refractivity contribution in [2.75, 3.05) is 11.9 Å². The number of likely N-dealkylation sites (N-methyl/N-ethyl adjacent to an activating group) is 1. The molecule has 0 saturated heterocycles. The highest BCUT2D eigenvalue weighted by atomic mass is 35.5. The molecule has 1 heterocycles. The Kier molecular flexibility index (Phi) is 4.64. The van der Waals surface area contributed by atoms with E-state index >= 15 is 0 Å². The third-order valence-electron chi connectivity index (χ3n) is 4.89. The Morgan fingerprint density at radius 2 is 2.00 bits per heavy atom. The molecule has 0 aliphatic carbocycles. The Morgan fingerprint density at radius 3 is 2.65 bits per heavy atom. The van der Waals surface area contributed by atoms with Gasteiger partial charge < -0.3 is 4.90 Å². The van der Waals surface area contributed by atoms with E-state index in [2.05, 4.69) is 30.9 Å². The summed E-state index contributed by atoms with van der Waals surface area (Å²) in [5.41, 5.74) is 4.17. The summed E-state index contributed by atoms with van der Waals surface area (Å²) in [5, 5.41) is 10.1. The minimum absolute atomic E-state index is 0.181. The van der Waals surface area contributed by atoms with Gasteiger partial charge in [-0.15, -0.1) is 0 Å². The van der Waals surface area contributed by atoms with Crippen LogP contribution in [0, 0.1) is 17.1 Å². The molecule has 0 radical (unpaired) electrons. The number of allylic oxidation sites excluding steroid dienone is 2. The van der Waals surface area contributed by atoms with E-state index in [9.17, 15) is 9.65 Å². The van der Waals surface area contributed by atoms with Crippen LogP contribution in [0.3, 0.4) is 0 Å². The quantitative estimate of drug-likeness (QED) is 0.469. The van der Waals surface area contributed by atoms with Crippen LogP contribution in [0.5, 0.6) is 0 Å². The molecule has 0 saturated carbocycles. The molecule has 3 rings (SSSR count). The average molecular weight is 367 g/mol. The molecule has 4 heteroatoms. The van der Waals surface area contributed by atoms with Gasteiger partial charge in [0, 0.05) is 28.9 Å². The summed E-state index contributed by atoms with van der Waals surface area (Å²) < 4.78 is 14.8. The molecule has 0 bridgehead atoms. The van der Waals surface area contributed by atoms with Crippen LogP contribution in [0.15, 0.2) is 42.5 Å². The van der Waals surface area contributed by atoms with E-state index in [1.54, 1.807) is 36.4 Å². The second-order valence-corrected chi connectivity index (χ2v) is 7.55. The summed E-state index contributed by atoms with van der Waals surface area (Å²) >= 11 is 6.01. The number of fused-ring (bicyclic) bond motifs is 1.